The molecule has 1 aliphatic rings. The molecule has 1 heterocycles. The van der Waals surface area contributed by atoms with Crippen LogP contribution in [0.2, 0.25) is 0 Å². The van der Waals surface area contributed by atoms with Gasteiger partial charge in [-0.15, -0.1) is 12.3 Å². The number of hydrogen-bond donors (Lipinski definition) is 2. The first-order valence-corrected chi connectivity index (χ1v) is 4.82. The third kappa shape index (κ3) is 4.25. The Morgan fingerprint density at radius 2 is 2.11 bits per heavy atom. The Kier molecular flexibility index (Phi) is 5.17. The molecule has 0 saturated carbocycles. The molecule has 0 aromatic heterocycles. The van der Waals surface area contributed by atoms with Crippen molar-refractivity contribution in [2.75, 3.05) is 13.6 Å². The van der Waals surface area contributed by atoms with Crippen LogP contribution in [0, 0.1) is 12.3 Å². The second-order valence-electron chi connectivity index (χ2n) is 3.82. The van der Waals surface area contributed by atoms with Crippen LogP contribution in [0.25, 0.3) is 0 Å². The van der Waals surface area contributed by atoms with Gasteiger partial charge in [0, 0.05) is 20.0 Å². The molecule has 1 atom stereocenters. The van der Waals surface area contributed by atoms with E-state index in [2.05, 4.69) is 5.92 Å². The van der Waals surface area contributed by atoms with Gasteiger partial charge in [-0.05, 0) is 6.42 Å². The molecule has 5 nitrogen and oxygen atoms in total. The highest BCUT2D eigenvalue weighted by Gasteiger charge is 2.41. The van der Waals surface area contributed by atoms with Gasteiger partial charge in [0.05, 0.1) is 0 Å². The van der Waals surface area contributed by atoms with E-state index < -0.39 is 17.7 Å². The van der Waals surface area contributed by atoms with E-state index in [0.717, 1.165) is 6.54 Å². The van der Waals surface area contributed by atoms with E-state index >= 15 is 0 Å². The molecule has 8 heteroatoms. The standard InChI is InChI=1S/C8H12N2O.C2HF3O2/c1-3-4-8(9)5-6-10(2)7(8)11;3-2(4,5)1(6)7/h1H,4-6,9H2,2H3;(H,6,7)/t8-;/m0./s1. The summed E-state index contributed by atoms with van der Waals surface area (Å²) in [5.41, 5.74) is 5.00. The maximum absolute atomic E-state index is 11.3. The smallest absolute Gasteiger partial charge is 0.475 e. The quantitative estimate of drug-likeness (QED) is 0.664. The highest BCUT2D eigenvalue weighted by Crippen LogP contribution is 2.21. The molecule has 1 fully saturated rings. The number of carbonyl (C=O) groups is 2. The molecule has 1 saturated heterocycles. The predicted molar refractivity (Wildman–Crippen MR) is 56.3 cm³/mol. The van der Waals surface area contributed by atoms with Gasteiger partial charge >= 0.3 is 12.1 Å². The van der Waals surface area contributed by atoms with Gasteiger partial charge in [0.25, 0.3) is 0 Å². The summed E-state index contributed by atoms with van der Waals surface area (Å²) in [5.74, 6) is -0.360. The lowest BCUT2D eigenvalue weighted by atomic mass is 9.95. The number of amides is 1. The van der Waals surface area contributed by atoms with Crippen LogP contribution >= 0.6 is 0 Å². The van der Waals surface area contributed by atoms with Crippen molar-refractivity contribution >= 4 is 11.9 Å². The molecular weight excluding hydrogens is 253 g/mol. The summed E-state index contributed by atoms with van der Waals surface area (Å²) < 4.78 is 31.7. The molecule has 0 bridgehead atoms. The number of carbonyl (C=O) groups excluding carboxylic acids is 1. The fourth-order valence-electron chi connectivity index (χ4n) is 1.30. The van der Waals surface area contributed by atoms with Crippen molar-refractivity contribution in [3.63, 3.8) is 0 Å². The van der Waals surface area contributed by atoms with Gasteiger partial charge in [-0.25, -0.2) is 4.79 Å². The summed E-state index contributed by atoms with van der Waals surface area (Å²) in [5, 5.41) is 7.12. The van der Waals surface area contributed by atoms with Crippen molar-refractivity contribution in [1.29, 1.82) is 0 Å². The number of alkyl halides is 3. The van der Waals surface area contributed by atoms with Gasteiger partial charge in [0.15, 0.2) is 0 Å². The summed E-state index contributed by atoms with van der Waals surface area (Å²) >= 11 is 0. The number of carboxylic acid groups (broad SMARTS) is 1. The Bertz CT molecular complexity index is 376. The minimum absolute atomic E-state index is 0.0320. The number of rotatable bonds is 1. The SMILES string of the molecule is C#CC[C@]1(N)CCN(C)C1=O.O=C(O)C(F)(F)F. The van der Waals surface area contributed by atoms with Crippen molar-refractivity contribution in [1.82, 2.24) is 4.90 Å². The van der Waals surface area contributed by atoms with Gasteiger partial charge in [-0.3, -0.25) is 4.79 Å². The first-order valence-electron chi connectivity index (χ1n) is 4.82. The topological polar surface area (TPSA) is 83.6 Å². The zero-order valence-electron chi connectivity index (χ0n) is 9.62. The van der Waals surface area contributed by atoms with E-state index in [-0.39, 0.29) is 5.91 Å². The molecule has 0 unspecified atom stereocenters. The summed E-state index contributed by atoms with van der Waals surface area (Å²) in [7, 11) is 1.74. The molecule has 0 radical (unpaired) electrons. The van der Waals surface area contributed by atoms with Gasteiger partial charge in [0.1, 0.15) is 5.54 Å². The predicted octanol–water partition coefficient (Wildman–Crippen LogP) is 0.203. The number of likely N-dealkylation sites (tertiary alicyclic amines) is 1. The van der Waals surface area contributed by atoms with Crippen molar-refractivity contribution in [2.24, 2.45) is 5.73 Å². The maximum Gasteiger partial charge on any atom is 0.490 e. The van der Waals surface area contributed by atoms with Crippen LogP contribution in [-0.2, 0) is 9.59 Å². The number of nitrogens with two attached hydrogens (primary N) is 1. The van der Waals surface area contributed by atoms with Crippen LogP contribution in [0.15, 0.2) is 0 Å². The van der Waals surface area contributed by atoms with E-state index in [1.165, 1.54) is 0 Å². The van der Waals surface area contributed by atoms with E-state index in [1.807, 2.05) is 0 Å². The Labute approximate surface area is 102 Å². The third-order valence-corrected chi connectivity index (χ3v) is 2.33. The summed E-state index contributed by atoms with van der Waals surface area (Å²) in [6, 6.07) is 0. The third-order valence-electron chi connectivity index (χ3n) is 2.33. The number of hydrogen-bond acceptors (Lipinski definition) is 3. The first-order chi connectivity index (χ1) is 8.04. The monoisotopic (exact) mass is 266 g/mol. The van der Waals surface area contributed by atoms with E-state index in [0.29, 0.717) is 12.8 Å². The highest BCUT2D eigenvalue weighted by atomic mass is 19.4. The minimum atomic E-state index is -5.08. The normalized spacial score (nSPS) is 23.1. The van der Waals surface area contributed by atoms with Crippen LogP contribution in [0.1, 0.15) is 12.8 Å². The molecule has 3 N–H and O–H groups in total. The highest BCUT2D eigenvalue weighted by molar-refractivity contribution is 5.88. The fraction of sp³-hybridized carbons (Fsp3) is 0.600. The van der Waals surface area contributed by atoms with Crippen molar-refractivity contribution in [3.05, 3.63) is 0 Å². The summed E-state index contributed by atoms with van der Waals surface area (Å²) in [6.45, 7) is 0.719. The zero-order chi connectivity index (χ0) is 14.6. The second-order valence-corrected chi connectivity index (χ2v) is 3.82. The van der Waals surface area contributed by atoms with Crippen molar-refractivity contribution in [3.8, 4) is 12.3 Å². The Morgan fingerprint density at radius 1 is 1.67 bits per heavy atom. The largest absolute Gasteiger partial charge is 0.490 e. The molecule has 18 heavy (non-hydrogen) atoms. The lowest BCUT2D eigenvalue weighted by Crippen LogP contribution is -2.46. The van der Waals surface area contributed by atoms with Crippen LogP contribution < -0.4 is 5.73 Å². The number of halogens is 3. The van der Waals surface area contributed by atoms with E-state index in [1.54, 1.807) is 11.9 Å². The number of aliphatic carboxylic acids is 1. The molecule has 0 spiro atoms. The molecule has 1 amide bonds. The van der Waals surface area contributed by atoms with Crippen LogP contribution in [0.5, 0.6) is 0 Å². The Hall–Kier alpha value is -1.75. The molecule has 102 valence electrons. The Balaban J connectivity index is 0.000000360. The number of terminal acetylenes is 1. The second kappa shape index (κ2) is 5.73. The molecule has 1 rings (SSSR count). The zero-order valence-corrected chi connectivity index (χ0v) is 9.62. The number of nitrogens with zero attached hydrogens (tertiary/aromatic N) is 1. The van der Waals surface area contributed by atoms with Crippen molar-refractivity contribution in [2.45, 2.75) is 24.6 Å². The lowest BCUT2D eigenvalue weighted by molar-refractivity contribution is -0.192. The number of likely N-dealkylation sites (N-methyl/N-ethyl adjacent to an activating group) is 1. The first kappa shape index (κ1) is 16.2. The summed E-state index contributed by atoms with van der Waals surface area (Å²) in [4.78, 5) is 21.8. The fourth-order valence-corrected chi connectivity index (χ4v) is 1.30. The summed E-state index contributed by atoms with van der Waals surface area (Å²) in [6.07, 6.45) is 1.03. The minimum Gasteiger partial charge on any atom is -0.475 e. The van der Waals surface area contributed by atoms with Crippen LogP contribution in [0.3, 0.4) is 0 Å². The van der Waals surface area contributed by atoms with Gasteiger partial charge in [0.2, 0.25) is 5.91 Å². The van der Waals surface area contributed by atoms with Crippen LogP contribution in [0.4, 0.5) is 13.2 Å². The van der Waals surface area contributed by atoms with E-state index in [9.17, 15) is 18.0 Å². The van der Waals surface area contributed by atoms with Gasteiger partial charge in [-0.1, -0.05) is 0 Å². The molecule has 0 aliphatic carbocycles. The average molecular weight is 266 g/mol. The van der Waals surface area contributed by atoms with E-state index in [4.69, 9.17) is 22.1 Å². The van der Waals surface area contributed by atoms with Crippen LogP contribution in [-0.4, -0.2) is 47.2 Å². The van der Waals surface area contributed by atoms with Crippen molar-refractivity contribution < 1.29 is 27.9 Å². The average Bonchev–Trinajstić information content (AvgIpc) is 2.47. The molecule has 1 aliphatic heterocycles. The molecule has 0 aromatic carbocycles. The maximum atomic E-state index is 11.3. The lowest BCUT2D eigenvalue weighted by Gasteiger charge is -2.18. The Morgan fingerprint density at radius 3 is 2.33 bits per heavy atom. The van der Waals surface area contributed by atoms with Gasteiger partial charge in [-0.2, -0.15) is 13.2 Å². The molecule has 0 aromatic rings. The number of carboxylic acids is 1. The van der Waals surface area contributed by atoms with Gasteiger partial charge < -0.3 is 15.7 Å². The molecular formula is C10H13F3N2O3.